The van der Waals surface area contributed by atoms with Gasteiger partial charge < -0.3 is 24.4 Å². The Bertz CT molecular complexity index is 943. The molecule has 164 valence electrons. The summed E-state index contributed by atoms with van der Waals surface area (Å²) in [6.45, 7) is 4.22. The second-order valence-electron chi connectivity index (χ2n) is 8.04. The fourth-order valence-electron chi connectivity index (χ4n) is 4.16. The van der Waals surface area contributed by atoms with Crippen molar-refractivity contribution in [2.45, 2.75) is 19.3 Å². The average Bonchev–Trinajstić information content (AvgIpc) is 3.43. The SMILES string of the molecule is COCCCNC(=O)[C@@H]1CN(C(=O)c2ccc3c(c2)OCO3)C[C@@H]1c1ccc(C)cc1. The second kappa shape index (κ2) is 9.39. The summed E-state index contributed by atoms with van der Waals surface area (Å²) in [4.78, 5) is 28.0. The third-order valence-corrected chi connectivity index (χ3v) is 5.89. The van der Waals surface area contributed by atoms with Gasteiger partial charge >= 0.3 is 0 Å². The summed E-state index contributed by atoms with van der Waals surface area (Å²) >= 11 is 0. The van der Waals surface area contributed by atoms with E-state index in [0.29, 0.717) is 43.3 Å². The van der Waals surface area contributed by atoms with Crippen LogP contribution in [0.2, 0.25) is 0 Å². The number of hydrogen-bond donors (Lipinski definition) is 1. The molecule has 2 amide bonds. The van der Waals surface area contributed by atoms with Gasteiger partial charge in [-0.3, -0.25) is 9.59 Å². The lowest BCUT2D eigenvalue weighted by molar-refractivity contribution is -0.124. The van der Waals surface area contributed by atoms with Crippen molar-refractivity contribution < 1.29 is 23.8 Å². The first-order valence-electron chi connectivity index (χ1n) is 10.6. The molecule has 0 aliphatic carbocycles. The number of fused-ring (bicyclic) bond motifs is 1. The van der Waals surface area contributed by atoms with Crippen LogP contribution < -0.4 is 14.8 Å². The van der Waals surface area contributed by atoms with E-state index in [1.54, 1.807) is 30.2 Å². The van der Waals surface area contributed by atoms with E-state index in [4.69, 9.17) is 14.2 Å². The van der Waals surface area contributed by atoms with Crippen molar-refractivity contribution >= 4 is 11.8 Å². The van der Waals surface area contributed by atoms with E-state index >= 15 is 0 Å². The Morgan fingerprint density at radius 1 is 1.10 bits per heavy atom. The molecule has 1 N–H and O–H groups in total. The first kappa shape index (κ1) is 21.2. The maximum absolute atomic E-state index is 13.2. The van der Waals surface area contributed by atoms with E-state index in [1.807, 2.05) is 19.1 Å². The molecule has 7 heteroatoms. The summed E-state index contributed by atoms with van der Waals surface area (Å²) in [5, 5.41) is 3.01. The molecule has 7 nitrogen and oxygen atoms in total. The van der Waals surface area contributed by atoms with Crippen LogP contribution in [0.15, 0.2) is 42.5 Å². The monoisotopic (exact) mass is 424 g/mol. The number of rotatable bonds is 7. The number of methoxy groups -OCH3 is 1. The standard InChI is InChI=1S/C24H28N2O5/c1-16-4-6-17(7-5-16)19-13-26(14-20(19)23(27)25-10-3-11-29-2)24(28)18-8-9-21-22(12-18)31-15-30-21/h4-9,12,19-20H,3,10-11,13-15H2,1-2H3,(H,25,27)/t19-,20-/m1/s1. The van der Waals surface area contributed by atoms with Crippen LogP contribution >= 0.6 is 0 Å². The maximum Gasteiger partial charge on any atom is 0.254 e. The van der Waals surface area contributed by atoms with Gasteiger partial charge in [0.2, 0.25) is 12.7 Å². The molecular formula is C24H28N2O5. The highest BCUT2D eigenvalue weighted by Crippen LogP contribution is 2.36. The van der Waals surface area contributed by atoms with Gasteiger partial charge in [0.25, 0.3) is 5.91 Å². The van der Waals surface area contributed by atoms with E-state index in [9.17, 15) is 9.59 Å². The van der Waals surface area contributed by atoms with Crippen LogP contribution in [0.3, 0.4) is 0 Å². The number of nitrogens with one attached hydrogen (secondary N) is 1. The van der Waals surface area contributed by atoms with Crippen LogP contribution in [0.4, 0.5) is 0 Å². The summed E-state index contributed by atoms with van der Waals surface area (Å²) in [7, 11) is 1.64. The third kappa shape index (κ3) is 4.66. The molecule has 0 radical (unpaired) electrons. The molecule has 2 aromatic carbocycles. The van der Waals surface area contributed by atoms with Crippen molar-refractivity contribution in [2.75, 3.05) is 40.1 Å². The van der Waals surface area contributed by atoms with Gasteiger partial charge in [0, 0.05) is 44.8 Å². The highest BCUT2D eigenvalue weighted by Gasteiger charge is 2.40. The van der Waals surface area contributed by atoms with E-state index in [-0.39, 0.29) is 30.4 Å². The lowest BCUT2D eigenvalue weighted by atomic mass is 9.88. The van der Waals surface area contributed by atoms with Crippen LogP contribution in [0.5, 0.6) is 11.5 Å². The minimum atomic E-state index is -0.303. The predicted molar refractivity (Wildman–Crippen MR) is 115 cm³/mol. The van der Waals surface area contributed by atoms with Crippen LogP contribution in [0.1, 0.15) is 33.8 Å². The average molecular weight is 424 g/mol. The highest BCUT2D eigenvalue weighted by atomic mass is 16.7. The molecule has 1 saturated heterocycles. The summed E-state index contributed by atoms with van der Waals surface area (Å²) in [5.41, 5.74) is 2.77. The fourth-order valence-corrected chi connectivity index (χ4v) is 4.16. The summed E-state index contributed by atoms with van der Waals surface area (Å²) in [6, 6.07) is 13.4. The molecule has 2 aliphatic heterocycles. The zero-order valence-electron chi connectivity index (χ0n) is 17.9. The molecule has 2 aromatic rings. The van der Waals surface area contributed by atoms with Crippen molar-refractivity contribution in [2.24, 2.45) is 5.92 Å². The number of aryl methyl sites for hydroxylation is 1. The minimum absolute atomic E-state index is 0.0253. The molecular weight excluding hydrogens is 396 g/mol. The Hall–Kier alpha value is -3.06. The van der Waals surface area contributed by atoms with Crippen molar-refractivity contribution in [1.29, 1.82) is 0 Å². The predicted octanol–water partition coefficient (Wildman–Crippen LogP) is 2.73. The molecule has 0 spiro atoms. The quantitative estimate of drug-likeness (QED) is 0.692. The van der Waals surface area contributed by atoms with Gasteiger partial charge in [0.15, 0.2) is 11.5 Å². The molecule has 1 fully saturated rings. The minimum Gasteiger partial charge on any atom is -0.454 e. The summed E-state index contributed by atoms with van der Waals surface area (Å²) in [5.74, 6) is 0.730. The smallest absolute Gasteiger partial charge is 0.254 e. The Balaban J connectivity index is 1.52. The number of carbonyl (C=O) groups excluding carboxylic acids is 2. The van der Waals surface area contributed by atoms with Crippen molar-refractivity contribution in [3.63, 3.8) is 0 Å². The lowest BCUT2D eigenvalue weighted by Gasteiger charge is -2.18. The number of ether oxygens (including phenoxy) is 3. The zero-order valence-corrected chi connectivity index (χ0v) is 17.9. The number of hydrogen-bond acceptors (Lipinski definition) is 5. The van der Waals surface area contributed by atoms with Gasteiger partial charge in [-0.25, -0.2) is 0 Å². The van der Waals surface area contributed by atoms with Crippen LogP contribution in [0.25, 0.3) is 0 Å². The van der Waals surface area contributed by atoms with Crippen LogP contribution in [-0.4, -0.2) is 56.9 Å². The zero-order chi connectivity index (χ0) is 21.8. The lowest BCUT2D eigenvalue weighted by Crippen LogP contribution is -2.36. The Labute approximate surface area is 182 Å². The van der Waals surface area contributed by atoms with Gasteiger partial charge in [0.1, 0.15) is 0 Å². The topological polar surface area (TPSA) is 77.1 Å². The number of likely N-dealkylation sites (tertiary alicyclic amines) is 1. The van der Waals surface area contributed by atoms with E-state index in [1.165, 1.54) is 0 Å². The largest absolute Gasteiger partial charge is 0.454 e. The Kier molecular flexibility index (Phi) is 6.42. The third-order valence-electron chi connectivity index (χ3n) is 5.89. The molecule has 31 heavy (non-hydrogen) atoms. The molecule has 2 atom stereocenters. The van der Waals surface area contributed by atoms with Crippen molar-refractivity contribution in [3.05, 3.63) is 59.2 Å². The maximum atomic E-state index is 13.2. The number of nitrogens with zero attached hydrogens (tertiary/aromatic N) is 1. The molecule has 0 unspecified atom stereocenters. The number of carbonyl (C=O) groups is 2. The molecule has 0 aromatic heterocycles. The normalized spacial score (nSPS) is 19.5. The molecule has 0 saturated carbocycles. The molecule has 0 bridgehead atoms. The fraction of sp³-hybridized carbons (Fsp3) is 0.417. The van der Waals surface area contributed by atoms with Gasteiger partial charge in [-0.1, -0.05) is 29.8 Å². The Morgan fingerprint density at radius 2 is 1.87 bits per heavy atom. The second-order valence-corrected chi connectivity index (χ2v) is 8.04. The van der Waals surface area contributed by atoms with Crippen LogP contribution in [-0.2, 0) is 9.53 Å². The molecule has 2 heterocycles. The van der Waals surface area contributed by atoms with Gasteiger partial charge in [-0.05, 0) is 37.1 Å². The van der Waals surface area contributed by atoms with Crippen molar-refractivity contribution in [3.8, 4) is 11.5 Å². The van der Waals surface area contributed by atoms with Gasteiger partial charge in [0.05, 0.1) is 5.92 Å². The van der Waals surface area contributed by atoms with E-state index < -0.39 is 0 Å². The first-order chi connectivity index (χ1) is 15.1. The number of amides is 2. The molecule has 4 rings (SSSR count). The van der Waals surface area contributed by atoms with E-state index in [0.717, 1.165) is 17.5 Å². The van der Waals surface area contributed by atoms with Crippen LogP contribution in [0, 0.1) is 12.8 Å². The van der Waals surface area contributed by atoms with Crippen molar-refractivity contribution in [1.82, 2.24) is 10.2 Å². The van der Waals surface area contributed by atoms with Gasteiger partial charge in [-0.2, -0.15) is 0 Å². The Morgan fingerprint density at radius 3 is 2.65 bits per heavy atom. The molecule has 2 aliphatic rings. The summed E-state index contributed by atoms with van der Waals surface area (Å²) in [6.07, 6.45) is 0.754. The summed E-state index contributed by atoms with van der Waals surface area (Å²) < 4.78 is 15.8. The first-order valence-corrected chi connectivity index (χ1v) is 10.6. The highest BCUT2D eigenvalue weighted by molar-refractivity contribution is 5.96. The van der Waals surface area contributed by atoms with E-state index in [2.05, 4.69) is 17.4 Å². The number of benzene rings is 2. The van der Waals surface area contributed by atoms with Gasteiger partial charge in [-0.15, -0.1) is 0 Å².